The molecule has 0 spiro atoms. The maximum Gasteiger partial charge on any atom is 0.223 e. The highest BCUT2D eigenvalue weighted by Gasteiger charge is 2.27. The number of nitrogens with two attached hydrogens (primary N) is 1. The standard InChI is InChI=1S/C19H29N3O3/c1-24-17-10-13-5-7-22(12-15(13)11-18(17)25-2)8-6-21-19(23)14-3-4-16(20)9-14/h10-11,14,16H,3-9,12,20H2,1-2H3,(H,21,23). The van der Waals surface area contributed by atoms with Crippen LogP contribution in [-0.2, 0) is 17.8 Å². The normalized spacial score (nSPS) is 23.2. The van der Waals surface area contributed by atoms with E-state index < -0.39 is 0 Å². The monoisotopic (exact) mass is 347 g/mol. The zero-order valence-corrected chi connectivity index (χ0v) is 15.2. The molecule has 6 heteroatoms. The first-order valence-electron chi connectivity index (χ1n) is 9.10. The summed E-state index contributed by atoms with van der Waals surface area (Å²) in [4.78, 5) is 14.5. The van der Waals surface area contributed by atoms with Gasteiger partial charge in [-0.25, -0.2) is 0 Å². The first kappa shape index (κ1) is 18.0. The van der Waals surface area contributed by atoms with Gasteiger partial charge in [0.05, 0.1) is 14.2 Å². The van der Waals surface area contributed by atoms with Crippen LogP contribution in [0.2, 0.25) is 0 Å². The minimum Gasteiger partial charge on any atom is -0.493 e. The maximum atomic E-state index is 12.2. The summed E-state index contributed by atoms with van der Waals surface area (Å²) in [6.07, 6.45) is 3.70. The molecule has 3 rings (SSSR count). The summed E-state index contributed by atoms with van der Waals surface area (Å²) >= 11 is 0. The van der Waals surface area contributed by atoms with Crippen molar-refractivity contribution in [2.45, 2.75) is 38.3 Å². The molecule has 2 aliphatic rings. The highest BCUT2D eigenvalue weighted by atomic mass is 16.5. The average molecular weight is 347 g/mol. The molecule has 3 N–H and O–H groups in total. The maximum absolute atomic E-state index is 12.2. The highest BCUT2D eigenvalue weighted by molar-refractivity contribution is 5.79. The largest absolute Gasteiger partial charge is 0.493 e. The van der Waals surface area contributed by atoms with Gasteiger partial charge in [-0.15, -0.1) is 0 Å². The van der Waals surface area contributed by atoms with Gasteiger partial charge in [0.25, 0.3) is 0 Å². The Kier molecular flexibility index (Phi) is 5.81. The Morgan fingerprint density at radius 1 is 1.24 bits per heavy atom. The number of nitrogens with one attached hydrogen (secondary N) is 1. The quantitative estimate of drug-likeness (QED) is 0.811. The van der Waals surface area contributed by atoms with Crippen LogP contribution in [0.25, 0.3) is 0 Å². The van der Waals surface area contributed by atoms with Crippen molar-refractivity contribution in [3.05, 3.63) is 23.3 Å². The number of methoxy groups -OCH3 is 2. The topological polar surface area (TPSA) is 76.8 Å². The summed E-state index contributed by atoms with van der Waals surface area (Å²) in [6, 6.07) is 4.34. The van der Waals surface area contributed by atoms with E-state index in [2.05, 4.69) is 22.3 Å². The molecule has 1 amide bonds. The van der Waals surface area contributed by atoms with Crippen LogP contribution in [-0.4, -0.2) is 50.7 Å². The van der Waals surface area contributed by atoms with E-state index in [-0.39, 0.29) is 17.9 Å². The van der Waals surface area contributed by atoms with Crippen LogP contribution in [0.4, 0.5) is 0 Å². The Morgan fingerprint density at radius 3 is 2.60 bits per heavy atom. The van der Waals surface area contributed by atoms with E-state index in [1.165, 1.54) is 11.1 Å². The Labute approximate surface area is 149 Å². The minimum atomic E-state index is 0.105. The van der Waals surface area contributed by atoms with Crippen LogP contribution >= 0.6 is 0 Å². The second kappa shape index (κ2) is 8.06. The van der Waals surface area contributed by atoms with Crippen molar-refractivity contribution in [1.82, 2.24) is 10.2 Å². The van der Waals surface area contributed by atoms with E-state index in [0.29, 0.717) is 6.54 Å². The number of hydrogen-bond donors (Lipinski definition) is 2. The van der Waals surface area contributed by atoms with Gasteiger partial charge >= 0.3 is 0 Å². The van der Waals surface area contributed by atoms with Gasteiger partial charge in [-0.05, 0) is 48.9 Å². The van der Waals surface area contributed by atoms with Gasteiger partial charge in [0.15, 0.2) is 11.5 Å². The number of nitrogens with zero attached hydrogens (tertiary/aromatic N) is 1. The Hall–Kier alpha value is -1.79. The summed E-state index contributed by atoms with van der Waals surface area (Å²) < 4.78 is 10.8. The first-order chi connectivity index (χ1) is 12.1. The third kappa shape index (κ3) is 4.25. The number of ether oxygens (including phenoxy) is 2. The number of fused-ring (bicyclic) bond motifs is 1. The zero-order valence-electron chi connectivity index (χ0n) is 15.2. The number of carbonyl (C=O) groups excluding carboxylic acids is 1. The molecule has 0 aromatic heterocycles. The van der Waals surface area contributed by atoms with Gasteiger partial charge in [0.2, 0.25) is 5.91 Å². The molecule has 1 heterocycles. The van der Waals surface area contributed by atoms with Crippen LogP contribution in [0.1, 0.15) is 30.4 Å². The highest BCUT2D eigenvalue weighted by Crippen LogP contribution is 2.33. The molecule has 1 fully saturated rings. The molecule has 1 aromatic carbocycles. The number of amides is 1. The van der Waals surface area contributed by atoms with Crippen LogP contribution in [0.15, 0.2) is 12.1 Å². The Bertz CT molecular complexity index is 620. The van der Waals surface area contributed by atoms with Gasteiger partial charge in [0.1, 0.15) is 0 Å². The molecule has 138 valence electrons. The predicted molar refractivity (Wildman–Crippen MR) is 96.9 cm³/mol. The van der Waals surface area contributed by atoms with Gasteiger partial charge in [-0.3, -0.25) is 9.69 Å². The lowest BCUT2D eigenvalue weighted by Crippen LogP contribution is -2.39. The third-order valence-corrected chi connectivity index (χ3v) is 5.37. The van der Waals surface area contributed by atoms with E-state index in [0.717, 1.165) is 56.8 Å². The van der Waals surface area contributed by atoms with Crippen LogP contribution in [0.5, 0.6) is 11.5 Å². The molecule has 25 heavy (non-hydrogen) atoms. The molecule has 0 saturated heterocycles. The molecular formula is C19H29N3O3. The number of carbonyl (C=O) groups is 1. The second-order valence-corrected chi connectivity index (χ2v) is 7.06. The summed E-state index contributed by atoms with van der Waals surface area (Å²) in [5, 5.41) is 3.08. The van der Waals surface area contributed by atoms with Gasteiger partial charge in [-0.2, -0.15) is 0 Å². The lowest BCUT2D eigenvalue weighted by Gasteiger charge is -2.29. The van der Waals surface area contributed by atoms with Crippen LogP contribution in [0.3, 0.4) is 0 Å². The smallest absolute Gasteiger partial charge is 0.223 e. The van der Waals surface area contributed by atoms with Crippen molar-refractivity contribution in [2.24, 2.45) is 11.7 Å². The first-order valence-corrected chi connectivity index (χ1v) is 9.10. The molecular weight excluding hydrogens is 318 g/mol. The molecule has 1 aromatic rings. The van der Waals surface area contributed by atoms with Gasteiger partial charge < -0.3 is 20.5 Å². The van der Waals surface area contributed by atoms with E-state index in [4.69, 9.17) is 15.2 Å². The molecule has 1 saturated carbocycles. The molecule has 2 atom stereocenters. The zero-order chi connectivity index (χ0) is 17.8. The third-order valence-electron chi connectivity index (χ3n) is 5.37. The van der Waals surface area contributed by atoms with E-state index in [1.54, 1.807) is 14.2 Å². The van der Waals surface area contributed by atoms with Gasteiger partial charge in [-0.1, -0.05) is 0 Å². The summed E-state index contributed by atoms with van der Waals surface area (Å²) in [7, 11) is 3.33. The Balaban J connectivity index is 1.50. The van der Waals surface area contributed by atoms with E-state index in [9.17, 15) is 4.79 Å². The fraction of sp³-hybridized carbons (Fsp3) is 0.632. The van der Waals surface area contributed by atoms with E-state index >= 15 is 0 Å². The Morgan fingerprint density at radius 2 is 1.96 bits per heavy atom. The fourth-order valence-electron chi connectivity index (χ4n) is 3.87. The minimum absolute atomic E-state index is 0.105. The fourth-order valence-corrected chi connectivity index (χ4v) is 3.87. The summed E-state index contributed by atoms with van der Waals surface area (Å²) in [6.45, 7) is 3.41. The molecule has 1 aliphatic heterocycles. The average Bonchev–Trinajstić information content (AvgIpc) is 3.06. The lowest BCUT2D eigenvalue weighted by atomic mass is 9.99. The van der Waals surface area contributed by atoms with E-state index in [1.807, 2.05) is 0 Å². The van der Waals surface area contributed by atoms with Gasteiger partial charge in [0, 0.05) is 38.1 Å². The van der Waals surface area contributed by atoms with Crippen molar-refractivity contribution in [2.75, 3.05) is 33.9 Å². The summed E-state index contributed by atoms with van der Waals surface area (Å²) in [5.74, 6) is 1.83. The molecule has 0 bridgehead atoms. The van der Waals surface area contributed by atoms with Crippen molar-refractivity contribution in [3.63, 3.8) is 0 Å². The molecule has 1 aliphatic carbocycles. The predicted octanol–water partition coefficient (Wildman–Crippen LogP) is 1.31. The van der Waals surface area contributed by atoms with Crippen LogP contribution < -0.4 is 20.5 Å². The molecule has 0 radical (unpaired) electrons. The van der Waals surface area contributed by atoms with Crippen molar-refractivity contribution < 1.29 is 14.3 Å². The molecule has 6 nitrogen and oxygen atoms in total. The summed E-state index contributed by atoms with van der Waals surface area (Å²) in [5.41, 5.74) is 8.48. The number of rotatable bonds is 6. The van der Waals surface area contributed by atoms with Crippen molar-refractivity contribution >= 4 is 5.91 Å². The van der Waals surface area contributed by atoms with Crippen LogP contribution in [0, 0.1) is 5.92 Å². The number of hydrogen-bond acceptors (Lipinski definition) is 5. The van der Waals surface area contributed by atoms with Crippen molar-refractivity contribution in [1.29, 1.82) is 0 Å². The lowest BCUT2D eigenvalue weighted by molar-refractivity contribution is -0.124. The van der Waals surface area contributed by atoms with Crippen molar-refractivity contribution in [3.8, 4) is 11.5 Å². The number of benzene rings is 1. The second-order valence-electron chi connectivity index (χ2n) is 7.06. The SMILES string of the molecule is COc1cc2c(cc1OC)CN(CCNC(=O)C1CCC(N)C1)CC2. The molecule has 2 unspecified atom stereocenters.